The summed E-state index contributed by atoms with van der Waals surface area (Å²) in [6.45, 7) is 0.948. The topological polar surface area (TPSA) is 79.3 Å². The summed E-state index contributed by atoms with van der Waals surface area (Å²) < 4.78 is 1.80. The second-order valence-corrected chi connectivity index (χ2v) is 6.87. The summed E-state index contributed by atoms with van der Waals surface area (Å²) in [5.74, 6) is -0.0418. The van der Waals surface area contributed by atoms with Crippen LogP contribution >= 0.6 is 0 Å². The molecule has 0 bridgehead atoms. The van der Waals surface area contributed by atoms with Gasteiger partial charge in [0.15, 0.2) is 0 Å². The summed E-state index contributed by atoms with van der Waals surface area (Å²) in [5, 5.41) is 9.89. The highest BCUT2D eigenvalue weighted by atomic mass is 16.2. The molecule has 0 saturated carbocycles. The molecule has 3 amide bonds. The highest BCUT2D eigenvalue weighted by Gasteiger charge is 2.07. The van der Waals surface area contributed by atoms with Crippen LogP contribution in [0.3, 0.4) is 0 Å². The van der Waals surface area contributed by atoms with E-state index in [-0.39, 0.29) is 11.9 Å². The van der Waals surface area contributed by atoms with Crippen molar-refractivity contribution in [1.82, 2.24) is 25.3 Å². The molecule has 0 atom stereocenters. The zero-order valence-electron chi connectivity index (χ0n) is 16.6. The largest absolute Gasteiger partial charge is 0.345 e. The fourth-order valence-corrected chi connectivity index (χ4v) is 2.83. The highest BCUT2D eigenvalue weighted by molar-refractivity contribution is 5.93. The number of aromatic nitrogens is 2. The van der Waals surface area contributed by atoms with E-state index < -0.39 is 0 Å². The molecule has 0 spiro atoms. The first-order chi connectivity index (χ1) is 14.0. The molecule has 3 rings (SSSR count). The van der Waals surface area contributed by atoms with Crippen molar-refractivity contribution < 1.29 is 9.59 Å². The van der Waals surface area contributed by atoms with Crippen LogP contribution in [0.15, 0.2) is 67.0 Å². The zero-order valence-corrected chi connectivity index (χ0v) is 16.6. The van der Waals surface area contributed by atoms with Gasteiger partial charge in [-0.1, -0.05) is 24.3 Å². The van der Waals surface area contributed by atoms with E-state index >= 15 is 0 Å². The molecule has 29 heavy (non-hydrogen) atoms. The molecule has 7 nitrogen and oxygen atoms in total. The molecule has 150 valence electrons. The average Bonchev–Trinajstić information content (AvgIpc) is 3.27. The summed E-state index contributed by atoms with van der Waals surface area (Å²) in [6.07, 6.45) is 4.39. The summed E-state index contributed by atoms with van der Waals surface area (Å²) >= 11 is 0. The van der Waals surface area contributed by atoms with Crippen molar-refractivity contribution >= 4 is 11.9 Å². The fourth-order valence-electron chi connectivity index (χ4n) is 2.83. The lowest BCUT2D eigenvalue weighted by Gasteiger charge is -2.11. The molecular formula is C22H25N5O2. The van der Waals surface area contributed by atoms with Crippen LogP contribution in [0.5, 0.6) is 0 Å². The minimum Gasteiger partial charge on any atom is -0.345 e. The van der Waals surface area contributed by atoms with Crippen LogP contribution in [0.1, 0.15) is 21.5 Å². The predicted molar refractivity (Wildman–Crippen MR) is 112 cm³/mol. The van der Waals surface area contributed by atoms with Gasteiger partial charge in [-0.2, -0.15) is 5.10 Å². The minimum atomic E-state index is -0.216. The fraction of sp³-hybridized carbons (Fsp3) is 0.227. The van der Waals surface area contributed by atoms with E-state index in [4.69, 9.17) is 0 Å². The lowest BCUT2D eigenvalue weighted by molar-refractivity contribution is 0.0827. The Balaban J connectivity index is 1.39. The van der Waals surface area contributed by atoms with Gasteiger partial charge in [0.2, 0.25) is 0 Å². The lowest BCUT2D eigenvalue weighted by atomic mass is 10.1. The van der Waals surface area contributed by atoms with Gasteiger partial charge in [-0.05, 0) is 47.9 Å². The van der Waals surface area contributed by atoms with E-state index in [2.05, 4.69) is 15.7 Å². The van der Waals surface area contributed by atoms with Crippen molar-refractivity contribution in [2.24, 2.45) is 0 Å². The molecule has 0 radical (unpaired) electrons. The second kappa shape index (κ2) is 9.54. The van der Waals surface area contributed by atoms with Gasteiger partial charge in [-0.15, -0.1) is 0 Å². The Morgan fingerprint density at radius 3 is 2.28 bits per heavy atom. The normalized spacial score (nSPS) is 10.4. The Morgan fingerprint density at radius 2 is 1.66 bits per heavy atom. The number of benzene rings is 2. The number of nitrogens with zero attached hydrogens (tertiary/aromatic N) is 3. The maximum absolute atomic E-state index is 12.0. The number of urea groups is 1. The molecule has 1 heterocycles. The average molecular weight is 391 g/mol. The number of carbonyl (C=O) groups is 2. The van der Waals surface area contributed by atoms with E-state index in [0.717, 1.165) is 23.2 Å². The third kappa shape index (κ3) is 5.68. The van der Waals surface area contributed by atoms with Crippen LogP contribution < -0.4 is 10.6 Å². The molecule has 7 heteroatoms. The quantitative estimate of drug-likeness (QED) is 0.650. The van der Waals surface area contributed by atoms with Gasteiger partial charge >= 0.3 is 6.03 Å². The minimum absolute atomic E-state index is 0.0418. The molecular weight excluding hydrogens is 366 g/mol. The molecule has 1 aromatic heterocycles. The van der Waals surface area contributed by atoms with E-state index in [0.29, 0.717) is 18.7 Å². The van der Waals surface area contributed by atoms with E-state index in [1.807, 2.05) is 48.7 Å². The van der Waals surface area contributed by atoms with Crippen molar-refractivity contribution in [3.63, 3.8) is 0 Å². The SMILES string of the molecule is CN(C)C(=O)c1ccc(CNC(=O)NCCc2ccc(-n3cccn3)cc2)cc1. The smallest absolute Gasteiger partial charge is 0.315 e. The van der Waals surface area contributed by atoms with Crippen molar-refractivity contribution in [1.29, 1.82) is 0 Å². The summed E-state index contributed by atoms with van der Waals surface area (Å²) in [7, 11) is 3.44. The van der Waals surface area contributed by atoms with Crippen molar-refractivity contribution in [3.05, 3.63) is 83.7 Å². The van der Waals surface area contributed by atoms with Crippen LogP contribution in [0, 0.1) is 0 Å². The van der Waals surface area contributed by atoms with Gasteiger partial charge in [-0.3, -0.25) is 4.79 Å². The van der Waals surface area contributed by atoms with E-state index in [1.165, 1.54) is 4.90 Å². The third-order valence-corrected chi connectivity index (χ3v) is 4.46. The number of nitrogens with one attached hydrogen (secondary N) is 2. The van der Waals surface area contributed by atoms with Gasteiger partial charge in [0.25, 0.3) is 5.91 Å². The number of hydrogen-bond acceptors (Lipinski definition) is 3. The monoisotopic (exact) mass is 391 g/mol. The number of rotatable bonds is 7. The van der Waals surface area contributed by atoms with Gasteiger partial charge < -0.3 is 15.5 Å². The first-order valence-corrected chi connectivity index (χ1v) is 9.44. The molecule has 0 aliphatic carbocycles. The second-order valence-electron chi connectivity index (χ2n) is 6.87. The molecule has 2 aromatic carbocycles. The Morgan fingerprint density at radius 1 is 0.966 bits per heavy atom. The molecule has 0 aliphatic heterocycles. The Kier molecular flexibility index (Phi) is 6.63. The molecule has 2 N–H and O–H groups in total. The van der Waals surface area contributed by atoms with Gasteiger partial charge in [0, 0.05) is 45.1 Å². The Bertz CT molecular complexity index is 932. The molecule has 0 unspecified atom stereocenters. The molecule has 3 aromatic rings. The molecule has 0 aliphatic rings. The van der Waals surface area contributed by atoms with Crippen molar-refractivity contribution in [2.75, 3.05) is 20.6 Å². The summed E-state index contributed by atoms with van der Waals surface area (Å²) in [5.41, 5.74) is 3.71. The van der Waals surface area contributed by atoms with Gasteiger partial charge in [-0.25, -0.2) is 9.48 Å². The van der Waals surface area contributed by atoms with Crippen molar-refractivity contribution in [2.45, 2.75) is 13.0 Å². The van der Waals surface area contributed by atoms with E-state index in [9.17, 15) is 9.59 Å². The highest BCUT2D eigenvalue weighted by Crippen LogP contribution is 2.09. The van der Waals surface area contributed by atoms with Gasteiger partial charge in [0.1, 0.15) is 0 Å². The van der Waals surface area contributed by atoms with Crippen molar-refractivity contribution in [3.8, 4) is 5.69 Å². The Hall–Kier alpha value is -3.61. The van der Waals surface area contributed by atoms with Crippen LogP contribution in [-0.2, 0) is 13.0 Å². The molecule has 0 fully saturated rings. The van der Waals surface area contributed by atoms with Crippen LogP contribution in [0.4, 0.5) is 4.79 Å². The van der Waals surface area contributed by atoms with E-state index in [1.54, 1.807) is 37.1 Å². The maximum atomic E-state index is 12.0. The first kappa shape index (κ1) is 20.1. The van der Waals surface area contributed by atoms with Crippen LogP contribution in [0.25, 0.3) is 5.69 Å². The van der Waals surface area contributed by atoms with Crippen LogP contribution in [-0.4, -0.2) is 47.3 Å². The molecule has 0 saturated heterocycles. The predicted octanol–water partition coefficient (Wildman–Crippen LogP) is 2.62. The number of carbonyl (C=O) groups excluding carboxylic acids is 2. The van der Waals surface area contributed by atoms with Crippen LogP contribution in [0.2, 0.25) is 0 Å². The maximum Gasteiger partial charge on any atom is 0.315 e. The van der Waals surface area contributed by atoms with Gasteiger partial charge in [0.05, 0.1) is 5.69 Å². The third-order valence-electron chi connectivity index (χ3n) is 4.46. The lowest BCUT2D eigenvalue weighted by Crippen LogP contribution is -2.36. The first-order valence-electron chi connectivity index (χ1n) is 9.44. The standard InChI is InChI=1S/C22H25N5O2/c1-26(2)21(28)19-8-4-18(5-9-19)16-24-22(29)23-14-12-17-6-10-20(11-7-17)27-15-3-13-25-27/h3-11,13,15H,12,14,16H2,1-2H3,(H2,23,24,29). The summed E-state index contributed by atoms with van der Waals surface area (Å²) in [6, 6.07) is 17.0. The summed E-state index contributed by atoms with van der Waals surface area (Å²) in [4.78, 5) is 25.4. The number of hydrogen-bond donors (Lipinski definition) is 2. The Labute approximate surface area is 170 Å². The number of amides is 3. The zero-order chi connectivity index (χ0) is 20.6.